The number of carboxylic acids is 2. The second kappa shape index (κ2) is 42.5. The van der Waals surface area contributed by atoms with Crippen LogP contribution < -0.4 is 64.6 Å². The number of aliphatic carboxylic acids is 2. The topological polar surface area (TPSA) is 478 Å². The first kappa shape index (κ1) is 81.2. The van der Waals surface area contributed by atoms with Gasteiger partial charge in [0.15, 0.2) is 9.84 Å². The first-order valence-electron chi connectivity index (χ1n) is 33.2. The number of benzene rings is 2. The van der Waals surface area contributed by atoms with Crippen molar-refractivity contribution in [1.29, 1.82) is 0 Å². The van der Waals surface area contributed by atoms with Gasteiger partial charge in [-0.05, 0) is 62.1 Å². The van der Waals surface area contributed by atoms with Crippen LogP contribution in [-0.4, -0.2) is 247 Å². The Bertz CT molecular complexity index is 3130. The zero-order chi connectivity index (χ0) is 71.7. The molecule has 0 aromatic heterocycles. The third-order valence-corrected chi connectivity index (χ3v) is 20.4. The Morgan fingerprint density at radius 1 is 0.673 bits per heavy atom. The molecule has 10 amide bonds. The summed E-state index contributed by atoms with van der Waals surface area (Å²) in [6, 6.07) is 4.54. The van der Waals surface area contributed by atoms with E-state index in [2.05, 4.69) is 53.2 Å². The molecule has 544 valence electrons. The normalized spacial score (nSPS) is 21.8. The van der Waals surface area contributed by atoms with Crippen LogP contribution in [0.25, 0.3) is 0 Å². The lowest BCUT2D eigenvalue weighted by Crippen LogP contribution is -2.61. The summed E-state index contributed by atoms with van der Waals surface area (Å²) in [5, 5.41) is 57.8. The van der Waals surface area contributed by atoms with Crippen molar-refractivity contribution in [1.82, 2.24) is 63.0 Å². The van der Waals surface area contributed by atoms with Gasteiger partial charge in [-0.1, -0.05) is 74.4 Å². The summed E-state index contributed by atoms with van der Waals surface area (Å²) in [5.74, 6) is -11.2. The molecule has 98 heavy (non-hydrogen) atoms. The number of carboxylic acid groups (broad SMARTS) is 2. The molecular weight excluding hydrogens is 1330 g/mol. The summed E-state index contributed by atoms with van der Waals surface area (Å²) in [5.41, 5.74) is 13.2. The summed E-state index contributed by atoms with van der Waals surface area (Å²) in [6.45, 7) is 5.09. The fraction of sp³-hybridized carbons (Fsp3) is 0.625. The lowest BCUT2D eigenvalue weighted by Gasteiger charge is -2.34. The van der Waals surface area contributed by atoms with Gasteiger partial charge in [-0.2, -0.15) is 23.5 Å². The number of aliphatic hydroxyl groups is 1. The molecule has 17 N–H and O–H groups in total. The fourth-order valence-electron chi connectivity index (χ4n) is 11.3. The molecule has 0 unspecified atom stereocenters. The van der Waals surface area contributed by atoms with E-state index in [4.69, 9.17) is 11.5 Å². The number of hydrogen-bond acceptors (Lipinski definition) is 21. The largest absolute Gasteiger partial charge is 0.481 e. The van der Waals surface area contributed by atoms with Crippen molar-refractivity contribution in [3.8, 4) is 0 Å². The molecule has 34 heteroatoms. The van der Waals surface area contributed by atoms with Crippen LogP contribution in [0.4, 0.5) is 0 Å². The van der Waals surface area contributed by atoms with Gasteiger partial charge in [-0.25, -0.2) is 13.2 Å². The molecule has 2 saturated heterocycles. The predicted molar refractivity (Wildman–Crippen MR) is 367 cm³/mol. The number of nitrogens with one attached hydrogen (secondary N) is 10. The van der Waals surface area contributed by atoms with Crippen molar-refractivity contribution in [2.45, 2.75) is 157 Å². The predicted octanol–water partition coefficient (Wildman–Crippen LogP) is -3.04. The van der Waals surface area contributed by atoms with E-state index in [-0.39, 0.29) is 81.4 Å². The second-order valence-corrected chi connectivity index (χ2v) is 28.8. The highest BCUT2D eigenvalue weighted by molar-refractivity contribution is 7.98. The van der Waals surface area contributed by atoms with E-state index < -0.39 is 166 Å². The minimum atomic E-state index is -3.74. The molecule has 3 heterocycles. The Balaban J connectivity index is 1.34. The van der Waals surface area contributed by atoms with Crippen molar-refractivity contribution in [2.75, 3.05) is 88.5 Å². The van der Waals surface area contributed by atoms with Gasteiger partial charge >= 0.3 is 11.9 Å². The van der Waals surface area contributed by atoms with Crippen LogP contribution in [0.2, 0.25) is 0 Å². The molecule has 0 saturated carbocycles. The van der Waals surface area contributed by atoms with Gasteiger partial charge in [0, 0.05) is 114 Å². The number of hydrogen-bond donors (Lipinski definition) is 15. The average Bonchev–Trinajstić information content (AvgIpc) is 1.62. The average molecular weight is 1430 g/mol. The molecule has 9 atom stereocenters. The van der Waals surface area contributed by atoms with E-state index in [9.17, 15) is 76.5 Å². The number of aliphatic hydroxyl groups excluding tert-OH is 1. The van der Waals surface area contributed by atoms with Crippen molar-refractivity contribution >= 4 is 104 Å². The van der Waals surface area contributed by atoms with Gasteiger partial charge in [0.1, 0.15) is 48.3 Å². The Kier molecular flexibility index (Phi) is 35.2. The standard InChI is InChI=1S/C64H98N14O17S3/c1-3-4-15-45(71-53(81)20-19-52(80)69-26-30-98(94,95)31-27-70-56(84)44(34-67-24-22-65)35-68-25-23-66)57(85)74-48-38-96-36-42-13-8-14-43(32-42)37-97-39-49(64(92)93)75-59(87)47(33-41-11-6-5-7-12-41)73-58(86)46(18-21-54(82)83)72-61(89)55(40(2)79)76-60(88)50-16-9-28-77(50)63(91)51-17-10-29-78(51)62(48)90/h5-8,11-14,32,40,44-51,55,67-68,79H,3-4,9-10,15-31,33-39,65-66H2,1-2H3,(H,69,80)(H,70,84)(H,71,81)(H,72,89)(H,73,86)(H,74,85)(H,75,87)(H,76,88)(H,82,83)(H,92,93)/t40-,45+,46+,47+,48+,49+,50+,51+,55+/m1/s1. The Morgan fingerprint density at radius 3 is 1.88 bits per heavy atom. The van der Waals surface area contributed by atoms with Gasteiger partial charge < -0.3 is 89.8 Å². The molecule has 5 rings (SSSR count). The minimum absolute atomic E-state index is 0.0402. The minimum Gasteiger partial charge on any atom is -0.481 e. The first-order valence-corrected chi connectivity index (χ1v) is 37.4. The Labute approximate surface area is 579 Å². The van der Waals surface area contributed by atoms with Crippen LogP contribution in [0.3, 0.4) is 0 Å². The highest BCUT2D eigenvalue weighted by Gasteiger charge is 2.45. The third-order valence-electron chi connectivity index (χ3n) is 16.6. The van der Waals surface area contributed by atoms with Gasteiger partial charge in [0.2, 0.25) is 59.1 Å². The number of unbranched alkanes of at least 4 members (excludes halogenated alkanes) is 1. The SMILES string of the molecule is CCCC[C@H](NC(=O)CCC(=O)NCCS(=O)(=O)CCNC(=O)C(CNCCN)CNCCN)C(=O)N[C@H]1CSCc2cccc(c2)CSC[C@@H](C(=O)O)NC(=O)[C@H](Cc2ccccc2)NC(=O)[C@H](CCC(=O)O)NC(=O)[C@H]([C@@H](C)O)NC(=O)[C@@H]2CCCN2C(=O)[C@@H]2CCCN2C1=O. The molecule has 3 aliphatic heterocycles. The van der Waals surface area contributed by atoms with E-state index in [1.54, 1.807) is 36.4 Å². The van der Waals surface area contributed by atoms with Crippen molar-refractivity contribution < 1.29 is 81.3 Å². The zero-order valence-corrected chi connectivity index (χ0v) is 58.0. The van der Waals surface area contributed by atoms with Crippen LogP contribution in [0.15, 0.2) is 54.6 Å². The van der Waals surface area contributed by atoms with E-state index >= 15 is 4.79 Å². The van der Waals surface area contributed by atoms with Crippen molar-refractivity contribution in [2.24, 2.45) is 17.4 Å². The van der Waals surface area contributed by atoms with Crippen LogP contribution >= 0.6 is 23.5 Å². The Hall–Kier alpha value is -7.47. The maximum absolute atomic E-state index is 15.0. The molecule has 2 fully saturated rings. The molecule has 2 bridgehead atoms. The zero-order valence-electron chi connectivity index (χ0n) is 55.6. The van der Waals surface area contributed by atoms with Gasteiger partial charge in [-0.3, -0.25) is 52.7 Å². The molecular formula is C64H98N14O17S3. The number of nitrogens with zero attached hydrogens (tertiary/aromatic N) is 2. The summed E-state index contributed by atoms with van der Waals surface area (Å²) in [6.07, 6.45) is -1.58. The Morgan fingerprint density at radius 2 is 1.27 bits per heavy atom. The fourth-order valence-corrected chi connectivity index (χ4v) is 14.3. The van der Waals surface area contributed by atoms with E-state index in [1.807, 2.05) is 25.1 Å². The lowest BCUT2D eigenvalue weighted by molar-refractivity contribution is -0.148. The van der Waals surface area contributed by atoms with Gasteiger partial charge in [0.05, 0.1) is 23.5 Å². The molecule has 2 aromatic rings. The molecule has 31 nitrogen and oxygen atoms in total. The summed E-state index contributed by atoms with van der Waals surface area (Å²) >= 11 is 2.47. The number of sulfone groups is 1. The highest BCUT2D eigenvalue weighted by Crippen LogP contribution is 2.28. The van der Waals surface area contributed by atoms with Crippen LogP contribution in [0.5, 0.6) is 0 Å². The maximum Gasteiger partial charge on any atom is 0.327 e. The maximum atomic E-state index is 15.0. The summed E-state index contributed by atoms with van der Waals surface area (Å²) in [7, 11) is -3.74. The third kappa shape index (κ3) is 27.7. The molecule has 0 spiro atoms. The number of rotatable bonds is 31. The number of thioether (sulfide) groups is 2. The molecule has 2 aromatic carbocycles. The number of carbonyl (C=O) groups is 12. The lowest BCUT2D eigenvalue weighted by atomic mass is 10.0. The summed E-state index contributed by atoms with van der Waals surface area (Å²) < 4.78 is 25.7. The monoisotopic (exact) mass is 1430 g/mol. The van der Waals surface area contributed by atoms with E-state index in [0.29, 0.717) is 76.3 Å². The van der Waals surface area contributed by atoms with Crippen molar-refractivity contribution in [3.63, 3.8) is 0 Å². The number of amides is 10. The summed E-state index contributed by atoms with van der Waals surface area (Å²) in [4.78, 5) is 168. The first-order chi connectivity index (χ1) is 46.8. The quantitative estimate of drug-likeness (QED) is 0.0334. The number of carbonyl (C=O) groups excluding carboxylic acids is 10. The smallest absolute Gasteiger partial charge is 0.327 e. The van der Waals surface area contributed by atoms with Gasteiger partial charge in [0.25, 0.3) is 0 Å². The number of fused-ring (bicyclic) bond motifs is 4. The van der Waals surface area contributed by atoms with E-state index in [1.165, 1.54) is 40.2 Å². The van der Waals surface area contributed by atoms with Gasteiger partial charge in [-0.15, -0.1) is 0 Å². The molecule has 0 aliphatic carbocycles. The van der Waals surface area contributed by atoms with E-state index in [0.717, 1.165) is 11.1 Å². The second-order valence-electron chi connectivity index (χ2n) is 24.4. The van der Waals surface area contributed by atoms with Crippen molar-refractivity contribution in [3.05, 3.63) is 71.3 Å². The molecule has 0 radical (unpaired) electrons. The molecule has 3 aliphatic rings. The van der Waals surface area contributed by atoms with Crippen LogP contribution in [-0.2, 0) is 85.3 Å². The number of nitrogens with two attached hydrogens (primary N) is 2. The van der Waals surface area contributed by atoms with Crippen LogP contribution in [0.1, 0.15) is 101 Å². The van der Waals surface area contributed by atoms with Crippen LogP contribution in [0, 0.1) is 5.92 Å². The highest BCUT2D eigenvalue weighted by atomic mass is 32.2.